The van der Waals surface area contributed by atoms with Gasteiger partial charge in [-0.05, 0) is 29.7 Å². The number of rotatable bonds is 3. The molecule has 1 fully saturated rings. The van der Waals surface area contributed by atoms with E-state index in [4.69, 9.17) is 23.2 Å². The van der Waals surface area contributed by atoms with Crippen LogP contribution in [0.25, 0.3) is 0 Å². The Morgan fingerprint density at radius 1 is 1.39 bits per heavy atom. The van der Waals surface area contributed by atoms with Crippen molar-refractivity contribution in [2.45, 2.75) is 26.4 Å². The molecule has 0 aliphatic carbocycles. The van der Waals surface area contributed by atoms with Crippen molar-refractivity contribution >= 4 is 23.2 Å². The number of hydrogen-bond donors (Lipinski definition) is 1. The van der Waals surface area contributed by atoms with Crippen LogP contribution >= 0.6 is 23.2 Å². The van der Waals surface area contributed by atoms with E-state index >= 15 is 0 Å². The van der Waals surface area contributed by atoms with Crippen LogP contribution in [0.2, 0.25) is 10.0 Å². The van der Waals surface area contributed by atoms with E-state index in [1.54, 1.807) is 0 Å². The molecule has 0 spiro atoms. The Hall–Kier alpha value is -0.280. The van der Waals surface area contributed by atoms with Crippen LogP contribution in [0.5, 0.6) is 0 Å². The number of piperazine rings is 1. The first-order valence-electron chi connectivity index (χ1n) is 6.46. The lowest BCUT2D eigenvalue weighted by Gasteiger charge is -2.35. The molecule has 18 heavy (non-hydrogen) atoms. The summed E-state index contributed by atoms with van der Waals surface area (Å²) < 4.78 is 0. The zero-order chi connectivity index (χ0) is 13.1. The Kier molecular flexibility index (Phi) is 4.91. The summed E-state index contributed by atoms with van der Waals surface area (Å²) in [4.78, 5) is 2.44. The Morgan fingerprint density at radius 2 is 2.17 bits per heavy atom. The summed E-state index contributed by atoms with van der Waals surface area (Å²) in [6.45, 7) is 8.57. The van der Waals surface area contributed by atoms with E-state index in [0.717, 1.165) is 41.8 Å². The second-order valence-corrected chi connectivity index (χ2v) is 6.12. The van der Waals surface area contributed by atoms with Crippen LogP contribution in [-0.2, 0) is 6.54 Å². The summed E-state index contributed by atoms with van der Waals surface area (Å²) in [6.07, 6.45) is 0. The molecule has 100 valence electrons. The molecule has 1 saturated heterocycles. The van der Waals surface area contributed by atoms with Crippen molar-refractivity contribution < 1.29 is 0 Å². The second kappa shape index (κ2) is 6.25. The number of benzene rings is 1. The van der Waals surface area contributed by atoms with Crippen molar-refractivity contribution in [2.75, 3.05) is 19.6 Å². The quantitative estimate of drug-likeness (QED) is 0.916. The Bertz CT molecular complexity index is 407. The van der Waals surface area contributed by atoms with Gasteiger partial charge in [0.2, 0.25) is 0 Å². The molecular formula is C14H20Cl2N2. The molecule has 0 bridgehead atoms. The fourth-order valence-electron chi connectivity index (χ4n) is 2.34. The first-order chi connectivity index (χ1) is 8.56. The van der Waals surface area contributed by atoms with Gasteiger partial charge in [-0.2, -0.15) is 0 Å². The maximum absolute atomic E-state index is 6.21. The summed E-state index contributed by atoms with van der Waals surface area (Å²) in [5, 5.41) is 5.12. The Balaban J connectivity index is 2.02. The minimum absolute atomic E-state index is 0.566. The third-order valence-corrected chi connectivity index (χ3v) is 4.10. The first-order valence-corrected chi connectivity index (χ1v) is 7.21. The Labute approximate surface area is 119 Å². The molecule has 1 N–H and O–H groups in total. The summed E-state index contributed by atoms with van der Waals surface area (Å²) in [5.41, 5.74) is 1.12. The molecule has 2 rings (SSSR count). The molecule has 1 atom stereocenters. The standard InChI is InChI=1S/C14H20Cl2N2/c1-10(2)14-9-18(6-5-17-14)8-11-7-12(15)3-4-13(11)16/h3-4,7,10,14,17H,5-6,8-9H2,1-2H3. The molecular weight excluding hydrogens is 267 g/mol. The van der Waals surface area contributed by atoms with E-state index in [-0.39, 0.29) is 0 Å². The topological polar surface area (TPSA) is 15.3 Å². The fraction of sp³-hybridized carbons (Fsp3) is 0.571. The third-order valence-electron chi connectivity index (χ3n) is 3.50. The van der Waals surface area contributed by atoms with E-state index in [2.05, 4.69) is 24.1 Å². The van der Waals surface area contributed by atoms with Gasteiger partial charge >= 0.3 is 0 Å². The fourth-order valence-corrected chi connectivity index (χ4v) is 2.71. The third kappa shape index (κ3) is 3.61. The molecule has 1 unspecified atom stereocenters. The van der Waals surface area contributed by atoms with Gasteiger partial charge in [-0.15, -0.1) is 0 Å². The lowest BCUT2D eigenvalue weighted by Crippen LogP contribution is -2.52. The van der Waals surface area contributed by atoms with Crippen LogP contribution in [0.15, 0.2) is 18.2 Å². The molecule has 0 saturated carbocycles. The van der Waals surface area contributed by atoms with Crippen molar-refractivity contribution in [3.8, 4) is 0 Å². The van der Waals surface area contributed by atoms with Crippen LogP contribution in [0.4, 0.5) is 0 Å². The second-order valence-electron chi connectivity index (χ2n) is 5.28. The van der Waals surface area contributed by atoms with Crippen LogP contribution in [-0.4, -0.2) is 30.6 Å². The van der Waals surface area contributed by atoms with Crippen LogP contribution < -0.4 is 5.32 Å². The van der Waals surface area contributed by atoms with Gasteiger partial charge in [-0.25, -0.2) is 0 Å². The van der Waals surface area contributed by atoms with E-state index < -0.39 is 0 Å². The van der Waals surface area contributed by atoms with E-state index in [0.29, 0.717) is 12.0 Å². The van der Waals surface area contributed by atoms with Gasteiger partial charge in [0.25, 0.3) is 0 Å². The molecule has 1 aromatic rings. The molecule has 4 heteroatoms. The van der Waals surface area contributed by atoms with Crippen LogP contribution in [0.3, 0.4) is 0 Å². The summed E-state index contributed by atoms with van der Waals surface area (Å²) in [7, 11) is 0. The number of nitrogens with zero attached hydrogens (tertiary/aromatic N) is 1. The largest absolute Gasteiger partial charge is 0.311 e. The zero-order valence-corrected chi connectivity index (χ0v) is 12.4. The molecule has 1 heterocycles. The molecule has 1 aliphatic rings. The van der Waals surface area contributed by atoms with Gasteiger partial charge in [-0.1, -0.05) is 37.0 Å². The lowest BCUT2D eigenvalue weighted by molar-refractivity contribution is 0.168. The van der Waals surface area contributed by atoms with E-state index in [1.807, 2.05) is 18.2 Å². The Morgan fingerprint density at radius 3 is 2.89 bits per heavy atom. The highest BCUT2D eigenvalue weighted by Gasteiger charge is 2.22. The highest BCUT2D eigenvalue weighted by molar-refractivity contribution is 6.33. The van der Waals surface area contributed by atoms with Crippen molar-refractivity contribution in [3.63, 3.8) is 0 Å². The number of hydrogen-bond acceptors (Lipinski definition) is 2. The van der Waals surface area contributed by atoms with Crippen molar-refractivity contribution in [2.24, 2.45) is 5.92 Å². The molecule has 0 radical (unpaired) electrons. The minimum atomic E-state index is 0.566. The first kappa shape index (κ1) is 14.1. The average molecular weight is 287 g/mol. The van der Waals surface area contributed by atoms with E-state index in [1.165, 1.54) is 0 Å². The predicted octanol–water partition coefficient (Wildman–Crippen LogP) is 3.42. The molecule has 0 amide bonds. The summed E-state index contributed by atoms with van der Waals surface area (Å²) >= 11 is 12.2. The SMILES string of the molecule is CC(C)C1CN(Cc2cc(Cl)ccc2Cl)CCN1. The van der Waals surface area contributed by atoms with Crippen molar-refractivity contribution in [3.05, 3.63) is 33.8 Å². The van der Waals surface area contributed by atoms with Crippen LogP contribution in [0, 0.1) is 5.92 Å². The number of nitrogens with one attached hydrogen (secondary N) is 1. The van der Waals surface area contributed by atoms with Gasteiger partial charge < -0.3 is 5.32 Å². The number of halogens is 2. The van der Waals surface area contributed by atoms with Gasteiger partial charge in [0.1, 0.15) is 0 Å². The van der Waals surface area contributed by atoms with Crippen molar-refractivity contribution in [1.82, 2.24) is 10.2 Å². The highest BCUT2D eigenvalue weighted by Crippen LogP contribution is 2.22. The maximum Gasteiger partial charge on any atom is 0.0452 e. The van der Waals surface area contributed by atoms with Crippen LogP contribution in [0.1, 0.15) is 19.4 Å². The average Bonchev–Trinajstić information content (AvgIpc) is 2.34. The van der Waals surface area contributed by atoms with Gasteiger partial charge in [0, 0.05) is 42.3 Å². The molecule has 1 aliphatic heterocycles. The van der Waals surface area contributed by atoms with Gasteiger partial charge in [0.05, 0.1) is 0 Å². The monoisotopic (exact) mass is 286 g/mol. The lowest BCUT2D eigenvalue weighted by atomic mass is 10.0. The minimum Gasteiger partial charge on any atom is -0.311 e. The summed E-state index contributed by atoms with van der Waals surface area (Å²) in [5.74, 6) is 0.655. The predicted molar refractivity (Wildman–Crippen MR) is 78.4 cm³/mol. The smallest absolute Gasteiger partial charge is 0.0452 e. The van der Waals surface area contributed by atoms with Crippen molar-refractivity contribution in [1.29, 1.82) is 0 Å². The van der Waals surface area contributed by atoms with E-state index in [9.17, 15) is 0 Å². The normalized spacial score (nSPS) is 21.5. The molecule has 2 nitrogen and oxygen atoms in total. The van der Waals surface area contributed by atoms with Gasteiger partial charge in [-0.3, -0.25) is 4.90 Å². The summed E-state index contributed by atoms with van der Waals surface area (Å²) in [6, 6.07) is 6.25. The molecule has 1 aromatic carbocycles. The van der Waals surface area contributed by atoms with Gasteiger partial charge in [0.15, 0.2) is 0 Å². The highest BCUT2D eigenvalue weighted by atomic mass is 35.5. The zero-order valence-electron chi connectivity index (χ0n) is 10.9. The molecule has 0 aromatic heterocycles. The maximum atomic E-state index is 6.21.